The van der Waals surface area contributed by atoms with E-state index in [0.29, 0.717) is 18.8 Å². The zero-order chi connectivity index (χ0) is 14.5. The average Bonchev–Trinajstić information content (AvgIpc) is 2.21. The summed E-state index contributed by atoms with van der Waals surface area (Å²) < 4.78 is 45.5. The van der Waals surface area contributed by atoms with Crippen molar-refractivity contribution in [1.29, 1.82) is 0 Å². The highest BCUT2D eigenvalue weighted by molar-refractivity contribution is 5.48. The van der Waals surface area contributed by atoms with Crippen molar-refractivity contribution in [3.63, 3.8) is 0 Å². The fourth-order valence-corrected chi connectivity index (χ4v) is 1.36. The van der Waals surface area contributed by atoms with E-state index >= 15 is 0 Å². The lowest BCUT2D eigenvalue weighted by atomic mass is 10.2. The van der Waals surface area contributed by atoms with Gasteiger partial charge in [-0.05, 0) is 32.9 Å². The molecule has 0 saturated heterocycles. The van der Waals surface area contributed by atoms with Crippen LogP contribution in [0, 0.1) is 0 Å². The van der Waals surface area contributed by atoms with Crippen molar-refractivity contribution < 1.29 is 22.6 Å². The number of rotatable bonds is 5. The van der Waals surface area contributed by atoms with Gasteiger partial charge in [-0.2, -0.15) is 0 Å². The van der Waals surface area contributed by atoms with Gasteiger partial charge < -0.3 is 14.8 Å². The molecule has 0 radical (unpaired) electrons. The minimum absolute atomic E-state index is 0.233. The van der Waals surface area contributed by atoms with E-state index in [1.165, 1.54) is 18.2 Å². The smallest absolute Gasteiger partial charge is 0.406 e. The zero-order valence-electron chi connectivity index (χ0n) is 11.2. The van der Waals surface area contributed by atoms with Crippen LogP contribution in [-0.4, -0.2) is 25.1 Å². The van der Waals surface area contributed by atoms with Crippen molar-refractivity contribution in [2.75, 3.05) is 18.5 Å². The van der Waals surface area contributed by atoms with Gasteiger partial charge in [0.2, 0.25) is 0 Å². The molecule has 0 spiro atoms. The van der Waals surface area contributed by atoms with Crippen LogP contribution in [0.2, 0.25) is 0 Å². The molecule has 1 aromatic carbocycles. The first-order valence-electron chi connectivity index (χ1n) is 5.89. The summed E-state index contributed by atoms with van der Waals surface area (Å²) in [6.45, 7) is 6.78. The summed E-state index contributed by atoms with van der Waals surface area (Å²) in [5.41, 5.74) is 0.322. The molecule has 0 aliphatic carbocycles. The standard InChI is InChI=1S/C13H18F3NO2/c1-12(2,3)18-8-7-17-10-5-4-6-11(9-10)19-13(14,15)16/h4-6,9,17H,7-8H2,1-3H3. The van der Waals surface area contributed by atoms with Gasteiger partial charge in [-0.3, -0.25) is 0 Å². The molecule has 0 heterocycles. The Kier molecular flexibility index (Phi) is 5.05. The molecule has 0 atom stereocenters. The lowest BCUT2D eigenvalue weighted by Crippen LogP contribution is -2.23. The largest absolute Gasteiger partial charge is 0.573 e. The maximum atomic E-state index is 12.0. The Balaban J connectivity index is 2.44. The van der Waals surface area contributed by atoms with E-state index in [4.69, 9.17) is 4.74 Å². The van der Waals surface area contributed by atoms with Crippen molar-refractivity contribution in [3.8, 4) is 5.75 Å². The van der Waals surface area contributed by atoms with Gasteiger partial charge in [-0.15, -0.1) is 13.2 Å². The van der Waals surface area contributed by atoms with E-state index in [-0.39, 0.29) is 11.4 Å². The molecule has 0 saturated carbocycles. The predicted octanol–water partition coefficient (Wildman–Crippen LogP) is 3.81. The van der Waals surface area contributed by atoms with Crippen molar-refractivity contribution >= 4 is 5.69 Å². The summed E-state index contributed by atoms with van der Waals surface area (Å²) in [5.74, 6) is -0.241. The van der Waals surface area contributed by atoms with Crippen molar-refractivity contribution in [2.45, 2.75) is 32.7 Å². The second-order valence-electron chi connectivity index (χ2n) is 4.96. The normalized spacial score (nSPS) is 12.3. The summed E-state index contributed by atoms with van der Waals surface area (Å²) in [6.07, 6.45) is -4.67. The van der Waals surface area contributed by atoms with E-state index in [1.54, 1.807) is 6.07 Å². The van der Waals surface area contributed by atoms with Gasteiger partial charge in [-0.1, -0.05) is 6.07 Å². The quantitative estimate of drug-likeness (QED) is 0.830. The Hall–Kier alpha value is -1.43. The van der Waals surface area contributed by atoms with Crippen LogP contribution in [0.4, 0.5) is 18.9 Å². The van der Waals surface area contributed by atoms with Gasteiger partial charge >= 0.3 is 6.36 Å². The third kappa shape index (κ3) is 7.56. The fourth-order valence-electron chi connectivity index (χ4n) is 1.36. The first-order valence-corrected chi connectivity index (χ1v) is 5.89. The lowest BCUT2D eigenvalue weighted by Gasteiger charge is -2.19. The van der Waals surface area contributed by atoms with E-state index in [0.717, 1.165) is 0 Å². The monoisotopic (exact) mass is 277 g/mol. The highest BCUT2D eigenvalue weighted by atomic mass is 19.4. The minimum atomic E-state index is -4.67. The molecule has 0 aromatic heterocycles. The fraction of sp³-hybridized carbons (Fsp3) is 0.538. The summed E-state index contributed by atoms with van der Waals surface area (Å²) >= 11 is 0. The second kappa shape index (κ2) is 6.14. The van der Waals surface area contributed by atoms with Gasteiger partial charge in [0.25, 0.3) is 0 Å². The van der Waals surface area contributed by atoms with Crippen LogP contribution < -0.4 is 10.1 Å². The number of nitrogens with one attached hydrogen (secondary N) is 1. The summed E-state index contributed by atoms with van der Waals surface area (Å²) in [7, 11) is 0. The Labute approximate surface area is 110 Å². The molecule has 1 N–H and O–H groups in total. The van der Waals surface area contributed by atoms with Crippen molar-refractivity contribution in [2.24, 2.45) is 0 Å². The molecule has 0 aliphatic rings. The van der Waals surface area contributed by atoms with E-state index in [2.05, 4.69) is 10.1 Å². The molecule has 19 heavy (non-hydrogen) atoms. The van der Waals surface area contributed by atoms with Gasteiger partial charge in [0.05, 0.1) is 12.2 Å². The molecule has 1 rings (SSSR count). The Bertz CT molecular complexity index is 400. The first-order chi connectivity index (χ1) is 8.66. The average molecular weight is 277 g/mol. The predicted molar refractivity (Wildman–Crippen MR) is 67.3 cm³/mol. The van der Waals surface area contributed by atoms with Gasteiger partial charge in [-0.25, -0.2) is 0 Å². The van der Waals surface area contributed by atoms with Gasteiger partial charge in [0.1, 0.15) is 5.75 Å². The number of anilines is 1. The molecule has 6 heteroatoms. The van der Waals surface area contributed by atoms with Gasteiger partial charge in [0.15, 0.2) is 0 Å². The van der Waals surface area contributed by atoms with Crippen molar-refractivity contribution in [3.05, 3.63) is 24.3 Å². The van der Waals surface area contributed by atoms with Crippen LogP contribution in [0.25, 0.3) is 0 Å². The number of hydrogen-bond acceptors (Lipinski definition) is 3. The molecule has 0 fully saturated rings. The summed E-state index contributed by atoms with van der Waals surface area (Å²) in [6, 6.07) is 5.71. The molecule has 0 aliphatic heterocycles. The Morgan fingerprint density at radius 3 is 2.42 bits per heavy atom. The number of benzene rings is 1. The highest BCUT2D eigenvalue weighted by Gasteiger charge is 2.31. The van der Waals surface area contributed by atoms with Crippen LogP contribution in [0.15, 0.2) is 24.3 Å². The molecular weight excluding hydrogens is 259 g/mol. The minimum Gasteiger partial charge on any atom is -0.406 e. The van der Waals surface area contributed by atoms with E-state index in [9.17, 15) is 13.2 Å². The number of hydrogen-bond donors (Lipinski definition) is 1. The maximum absolute atomic E-state index is 12.0. The molecule has 3 nitrogen and oxygen atoms in total. The molecule has 0 bridgehead atoms. The Morgan fingerprint density at radius 1 is 1.16 bits per heavy atom. The number of halogens is 3. The third-order valence-corrected chi connectivity index (χ3v) is 2.03. The number of ether oxygens (including phenoxy) is 2. The highest BCUT2D eigenvalue weighted by Crippen LogP contribution is 2.24. The second-order valence-corrected chi connectivity index (χ2v) is 4.96. The topological polar surface area (TPSA) is 30.5 Å². The zero-order valence-corrected chi connectivity index (χ0v) is 11.2. The van der Waals surface area contributed by atoms with Crippen LogP contribution >= 0.6 is 0 Å². The Morgan fingerprint density at radius 2 is 1.84 bits per heavy atom. The number of alkyl halides is 3. The van der Waals surface area contributed by atoms with E-state index < -0.39 is 6.36 Å². The molecule has 1 aromatic rings. The maximum Gasteiger partial charge on any atom is 0.573 e. The SMILES string of the molecule is CC(C)(C)OCCNc1cccc(OC(F)(F)F)c1. The van der Waals surface area contributed by atoms with Crippen LogP contribution in [0.3, 0.4) is 0 Å². The van der Waals surface area contributed by atoms with Crippen LogP contribution in [0.5, 0.6) is 5.75 Å². The lowest BCUT2D eigenvalue weighted by molar-refractivity contribution is -0.274. The van der Waals surface area contributed by atoms with Crippen LogP contribution in [-0.2, 0) is 4.74 Å². The summed E-state index contributed by atoms with van der Waals surface area (Å²) in [5, 5.41) is 2.97. The van der Waals surface area contributed by atoms with Gasteiger partial charge in [0, 0.05) is 18.3 Å². The van der Waals surface area contributed by atoms with E-state index in [1.807, 2.05) is 20.8 Å². The first kappa shape index (κ1) is 15.6. The van der Waals surface area contributed by atoms with Crippen molar-refractivity contribution in [1.82, 2.24) is 0 Å². The molecular formula is C13H18F3NO2. The molecule has 0 unspecified atom stereocenters. The van der Waals surface area contributed by atoms with Crippen LogP contribution in [0.1, 0.15) is 20.8 Å². The molecule has 108 valence electrons. The summed E-state index contributed by atoms with van der Waals surface area (Å²) in [4.78, 5) is 0. The third-order valence-electron chi connectivity index (χ3n) is 2.03. The molecule has 0 amide bonds.